The standard InChI is InChI=1S/C18H28O2/c1-6-7-8-9-10-15-16(11-12(2)3)18(20)14(5)13(4)17(15)19/h12H,6-11H2,1-5H3. The first kappa shape index (κ1) is 16.9. The van der Waals surface area contributed by atoms with Gasteiger partial charge in [0, 0.05) is 22.3 Å². The first-order valence-corrected chi connectivity index (χ1v) is 7.89. The van der Waals surface area contributed by atoms with Crippen LogP contribution < -0.4 is 0 Å². The van der Waals surface area contributed by atoms with Crippen LogP contribution in [0.25, 0.3) is 0 Å². The molecule has 2 nitrogen and oxygen atoms in total. The second-order valence-electron chi connectivity index (χ2n) is 6.27. The van der Waals surface area contributed by atoms with Crippen LogP contribution in [0.15, 0.2) is 22.3 Å². The van der Waals surface area contributed by atoms with Crippen molar-refractivity contribution >= 4 is 11.6 Å². The fourth-order valence-electron chi connectivity index (χ4n) is 2.68. The van der Waals surface area contributed by atoms with Gasteiger partial charge in [-0.2, -0.15) is 0 Å². The molecule has 0 spiro atoms. The van der Waals surface area contributed by atoms with E-state index in [1.165, 1.54) is 12.8 Å². The number of allylic oxidation sites excluding steroid dienone is 4. The largest absolute Gasteiger partial charge is 0.289 e. The molecule has 112 valence electrons. The van der Waals surface area contributed by atoms with Crippen LogP contribution in [0.2, 0.25) is 0 Å². The Bertz CT molecular complexity index is 450. The lowest BCUT2D eigenvalue weighted by Crippen LogP contribution is -2.23. The molecular formula is C18H28O2. The smallest absolute Gasteiger partial charge is 0.185 e. The lowest BCUT2D eigenvalue weighted by Gasteiger charge is -2.22. The van der Waals surface area contributed by atoms with Gasteiger partial charge in [-0.3, -0.25) is 9.59 Å². The van der Waals surface area contributed by atoms with Crippen LogP contribution in [0.3, 0.4) is 0 Å². The maximum atomic E-state index is 12.5. The van der Waals surface area contributed by atoms with Crippen LogP contribution in [0.5, 0.6) is 0 Å². The minimum atomic E-state index is 0.0984. The molecule has 0 bridgehead atoms. The molecule has 20 heavy (non-hydrogen) atoms. The van der Waals surface area contributed by atoms with Gasteiger partial charge in [-0.1, -0.05) is 40.0 Å². The van der Waals surface area contributed by atoms with Crippen molar-refractivity contribution in [2.45, 2.75) is 73.1 Å². The van der Waals surface area contributed by atoms with Crippen molar-refractivity contribution in [3.8, 4) is 0 Å². The molecule has 0 aromatic carbocycles. The second kappa shape index (κ2) is 7.56. The van der Waals surface area contributed by atoms with Gasteiger partial charge in [0.15, 0.2) is 11.6 Å². The molecule has 0 aromatic rings. The normalized spacial score (nSPS) is 16.7. The monoisotopic (exact) mass is 276 g/mol. The minimum absolute atomic E-state index is 0.0984. The van der Waals surface area contributed by atoms with E-state index in [-0.39, 0.29) is 11.6 Å². The zero-order chi connectivity index (χ0) is 15.3. The van der Waals surface area contributed by atoms with Crippen molar-refractivity contribution in [3.63, 3.8) is 0 Å². The summed E-state index contributed by atoms with van der Waals surface area (Å²) in [4.78, 5) is 24.9. The SMILES string of the molecule is CCCCCCC1=C(CC(C)C)C(=O)C(C)=C(C)C1=O. The Balaban J connectivity index is 2.98. The van der Waals surface area contributed by atoms with Crippen molar-refractivity contribution in [2.24, 2.45) is 5.92 Å². The van der Waals surface area contributed by atoms with Crippen LogP contribution in [0, 0.1) is 5.92 Å². The van der Waals surface area contributed by atoms with Crippen LogP contribution in [-0.2, 0) is 9.59 Å². The summed E-state index contributed by atoms with van der Waals surface area (Å²) >= 11 is 0. The number of Topliss-reactive ketones (excluding diaryl/α,β-unsaturated/α-hetero) is 2. The summed E-state index contributed by atoms with van der Waals surface area (Å²) in [5.41, 5.74) is 2.86. The highest BCUT2D eigenvalue weighted by molar-refractivity contribution is 6.24. The average Bonchev–Trinajstić information content (AvgIpc) is 2.41. The molecule has 1 aliphatic carbocycles. The second-order valence-corrected chi connectivity index (χ2v) is 6.27. The molecular weight excluding hydrogens is 248 g/mol. The summed E-state index contributed by atoms with van der Waals surface area (Å²) in [6, 6.07) is 0. The summed E-state index contributed by atoms with van der Waals surface area (Å²) in [5, 5.41) is 0. The fourth-order valence-corrected chi connectivity index (χ4v) is 2.68. The van der Waals surface area contributed by atoms with Gasteiger partial charge in [-0.25, -0.2) is 0 Å². The lowest BCUT2D eigenvalue weighted by molar-refractivity contribution is -0.116. The molecule has 1 aliphatic rings. The average molecular weight is 276 g/mol. The number of hydrogen-bond donors (Lipinski definition) is 0. The Morgan fingerprint density at radius 1 is 0.850 bits per heavy atom. The van der Waals surface area contributed by atoms with Gasteiger partial charge in [0.1, 0.15) is 0 Å². The highest BCUT2D eigenvalue weighted by atomic mass is 16.1. The van der Waals surface area contributed by atoms with E-state index in [0.717, 1.165) is 36.8 Å². The Morgan fingerprint density at radius 3 is 1.90 bits per heavy atom. The number of unbranched alkanes of at least 4 members (excludes halogenated alkanes) is 3. The molecule has 0 saturated heterocycles. The highest BCUT2D eigenvalue weighted by Crippen LogP contribution is 2.31. The topological polar surface area (TPSA) is 34.1 Å². The zero-order valence-electron chi connectivity index (χ0n) is 13.6. The van der Waals surface area contributed by atoms with Gasteiger partial charge < -0.3 is 0 Å². The maximum absolute atomic E-state index is 12.5. The van der Waals surface area contributed by atoms with Crippen molar-refractivity contribution in [2.75, 3.05) is 0 Å². The third-order valence-corrected chi connectivity index (χ3v) is 4.05. The Labute approximate surface area is 123 Å². The number of hydrogen-bond acceptors (Lipinski definition) is 2. The zero-order valence-corrected chi connectivity index (χ0v) is 13.6. The number of carbonyl (C=O) groups is 2. The summed E-state index contributed by atoms with van der Waals surface area (Å²) < 4.78 is 0. The predicted molar refractivity (Wildman–Crippen MR) is 83.6 cm³/mol. The molecule has 1 rings (SSSR count). The molecule has 0 heterocycles. The van der Waals surface area contributed by atoms with E-state index in [9.17, 15) is 9.59 Å². The van der Waals surface area contributed by atoms with E-state index in [4.69, 9.17) is 0 Å². The van der Waals surface area contributed by atoms with Crippen LogP contribution in [0.4, 0.5) is 0 Å². The molecule has 0 N–H and O–H groups in total. The Hall–Kier alpha value is -1.18. The van der Waals surface area contributed by atoms with Gasteiger partial charge in [0.05, 0.1) is 0 Å². The van der Waals surface area contributed by atoms with Gasteiger partial charge in [0.25, 0.3) is 0 Å². The first-order chi connectivity index (χ1) is 9.40. The number of carbonyl (C=O) groups excluding carboxylic acids is 2. The van der Waals surface area contributed by atoms with E-state index < -0.39 is 0 Å². The Kier molecular flexibility index (Phi) is 6.38. The van der Waals surface area contributed by atoms with Crippen LogP contribution in [-0.4, -0.2) is 11.6 Å². The third kappa shape index (κ3) is 3.91. The first-order valence-electron chi connectivity index (χ1n) is 7.89. The molecule has 0 aliphatic heterocycles. The Morgan fingerprint density at radius 2 is 1.40 bits per heavy atom. The molecule has 0 amide bonds. The molecule has 0 atom stereocenters. The van der Waals surface area contributed by atoms with E-state index in [2.05, 4.69) is 20.8 Å². The minimum Gasteiger partial charge on any atom is -0.289 e. The predicted octanol–water partition coefficient (Wildman–Crippen LogP) is 4.79. The van der Waals surface area contributed by atoms with Gasteiger partial charge in [-0.15, -0.1) is 0 Å². The molecule has 0 aromatic heterocycles. The fraction of sp³-hybridized carbons (Fsp3) is 0.667. The molecule has 2 heteroatoms. The quantitative estimate of drug-likeness (QED) is 0.495. The summed E-state index contributed by atoms with van der Waals surface area (Å²) in [6.45, 7) is 9.94. The van der Waals surface area contributed by atoms with Crippen LogP contribution in [0.1, 0.15) is 73.1 Å². The molecule has 0 unspecified atom stereocenters. The van der Waals surface area contributed by atoms with Crippen molar-refractivity contribution in [3.05, 3.63) is 22.3 Å². The molecule has 0 saturated carbocycles. The van der Waals surface area contributed by atoms with E-state index >= 15 is 0 Å². The van der Waals surface area contributed by atoms with E-state index in [0.29, 0.717) is 17.1 Å². The summed E-state index contributed by atoms with van der Waals surface area (Å²) in [6.07, 6.45) is 6.01. The van der Waals surface area contributed by atoms with Crippen molar-refractivity contribution in [1.82, 2.24) is 0 Å². The van der Waals surface area contributed by atoms with Gasteiger partial charge in [0.2, 0.25) is 0 Å². The highest BCUT2D eigenvalue weighted by Gasteiger charge is 2.29. The number of ketones is 2. The summed E-state index contributed by atoms with van der Waals surface area (Å²) in [5.74, 6) is 0.606. The van der Waals surface area contributed by atoms with Gasteiger partial charge in [-0.05, 0) is 39.0 Å². The third-order valence-electron chi connectivity index (χ3n) is 4.05. The summed E-state index contributed by atoms with van der Waals surface area (Å²) in [7, 11) is 0. The van der Waals surface area contributed by atoms with E-state index in [1.54, 1.807) is 13.8 Å². The molecule has 0 radical (unpaired) electrons. The lowest BCUT2D eigenvalue weighted by atomic mass is 9.80. The van der Waals surface area contributed by atoms with E-state index in [1.807, 2.05) is 0 Å². The van der Waals surface area contributed by atoms with Crippen molar-refractivity contribution < 1.29 is 9.59 Å². The van der Waals surface area contributed by atoms with Crippen molar-refractivity contribution in [1.29, 1.82) is 0 Å². The maximum Gasteiger partial charge on any atom is 0.185 e. The van der Waals surface area contributed by atoms with Gasteiger partial charge >= 0.3 is 0 Å². The molecule has 0 fully saturated rings. The number of rotatable bonds is 7. The van der Waals surface area contributed by atoms with Crippen LogP contribution >= 0.6 is 0 Å².